The number of amides is 2. The van der Waals surface area contributed by atoms with Crippen molar-refractivity contribution in [3.05, 3.63) is 30.1 Å². The van der Waals surface area contributed by atoms with E-state index >= 15 is 0 Å². The van der Waals surface area contributed by atoms with Gasteiger partial charge in [0.1, 0.15) is 0 Å². The number of carbonyl (C=O) groups excluding carboxylic acids is 1. The molecule has 1 N–H and O–H groups in total. The number of rotatable bonds is 6. The predicted octanol–water partition coefficient (Wildman–Crippen LogP) is 3.41. The highest BCUT2D eigenvalue weighted by Gasteiger charge is 2.31. The van der Waals surface area contributed by atoms with E-state index in [1.54, 1.807) is 0 Å². The summed E-state index contributed by atoms with van der Waals surface area (Å²) in [6.45, 7) is 8.20. The zero-order chi connectivity index (χ0) is 15.2. The molecule has 1 aliphatic heterocycles. The van der Waals surface area contributed by atoms with Crippen LogP contribution in [0.2, 0.25) is 0 Å². The summed E-state index contributed by atoms with van der Waals surface area (Å²) in [5, 5.41) is 3.10. The molecule has 0 aliphatic carbocycles. The SMILES string of the molecule is CC(C)CCC[C@@H](C)NC(=O)N1CC(c2ccncc2)C1. The van der Waals surface area contributed by atoms with E-state index in [1.165, 1.54) is 18.4 Å². The Morgan fingerprint density at radius 3 is 2.57 bits per heavy atom. The Hall–Kier alpha value is -1.58. The maximum Gasteiger partial charge on any atom is 0.317 e. The number of likely N-dealkylation sites (tertiary alicyclic amines) is 1. The van der Waals surface area contributed by atoms with Crippen molar-refractivity contribution >= 4 is 6.03 Å². The normalized spacial score (nSPS) is 16.7. The molecule has 1 saturated heterocycles. The van der Waals surface area contributed by atoms with E-state index in [0.29, 0.717) is 5.92 Å². The van der Waals surface area contributed by atoms with Crippen LogP contribution in [0.15, 0.2) is 24.5 Å². The molecular weight excluding hydrogens is 262 g/mol. The summed E-state index contributed by atoms with van der Waals surface area (Å²) >= 11 is 0. The van der Waals surface area contributed by atoms with Gasteiger partial charge in [0.15, 0.2) is 0 Å². The molecule has 0 saturated carbocycles. The highest BCUT2D eigenvalue weighted by atomic mass is 16.2. The van der Waals surface area contributed by atoms with E-state index < -0.39 is 0 Å². The summed E-state index contributed by atoms with van der Waals surface area (Å²) in [4.78, 5) is 18.0. The zero-order valence-corrected chi connectivity index (χ0v) is 13.4. The Morgan fingerprint density at radius 1 is 1.29 bits per heavy atom. The van der Waals surface area contributed by atoms with E-state index in [2.05, 4.69) is 31.1 Å². The second-order valence-electron chi connectivity index (χ2n) is 6.56. The van der Waals surface area contributed by atoms with E-state index in [4.69, 9.17) is 0 Å². The van der Waals surface area contributed by atoms with Crippen molar-refractivity contribution in [2.45, 2.75) is 52.0 Å². The molecule has 2 heterocycles. The third-order valence-electron chi connectivity index (χ3n) is 4.13. The second-order valence-corrected chi connectivity index (χ2v) is 6.56. The van der Waals surface area contributed by atoms with Gasteiger partial charge >= 0.3 is 6.03 Å². The van der Waals surface area contributed by atoms with Gasteiger partial charge in [0, 0.05) is 37.4 Å². The van der Waals surface area contributed by atoms with Crippen LogP contribution in [-0.2, 0) is 0 Å². The lowest BCUT2D eigenvalue weighted by atomic mass is 9.93. The third kappa shape index (κ3) is 4.73. The van der Waals surface area contributed by atoms with Gasteiger partial charge < -0.3 is 10.2 Å². The Labute approximate surface area is 127 Å². The van der Waals surface area contributed by atoms with E-state index in [1.807, 2.05) is 29.4 Å². The van der Waals surface area contributed by atoms with Crippen LogP contribution in [0.25, 0.3) is 0 Å². The minimum Gasteiger partial charge on any atom is -0.336 e. The molecule has 1 fully saturated rings. The molecule has 21 heavy (non-hydrogen) atoms. The van der Waals surface area contributed by atoms with Gasteiger partial charge in [0.25, 0.3) is 0 Å². The number of hydrogen-bond acceptors (Lipinski definition) is 2. The average Bonchev–Trinajstić information content (AvgIpc) is 2.37. The molecule has 0 aromatic carbocycles. The van der Waals surface area contributed by atoms with Crippen LogP contribution in [0.1, 0.15) is 51.5 Å². The number of nitrogens with zero attached hydrogens (tertiary/aromatic N) is 2. The standard InChI is InChI=1S/C17H27N3O/c1-13(2)5-4-6-14(3)19-17(21)20-11-16(12-20)15-7-9-18-10-8-15/h7-10,13-14,16H,4-6,11-12H2,1-3H3,(H,19,21)/t14-/m1/s1. The third-order valence-corrected chi connectivity index (χ3v) is 4.13. The first kappa shape index (κ1) is 15.8. The zero-order valence-electron chi connectivity index (χ0n) is 13.4. The highest BCUT2D eigenvalue weighted by Crippen LogP contribution is 2.26. The quantitative estimate of drug-likeness (QED) is 0.872. The van der Waals surface area contributed by atoms with E-state index in [-0.39, 0.29) is 12.1 Å². The smallest absolute Gasteiger partial charge is 0.317 e. The molecule has 4 nitrogen and oxygen atoms in total. The number of nitrogens with one attached hydrogen (secondary N) is 1. The average molecular weight is 289 g/mol. The maximum atomic E-state index is 12.1. The number of pyridine rings is 1. The van der Waals surface area contributed by atoms with E-state index in [0.717, 1.165) is 25.4 Å². The van der Waals surface area contributed by atoms with Gasteiger partial charge in [-0.2, -0.15) is 0 Å². The van der Waals surface area contributed by atoms with Crippen molar-refractivity contribution in [1.29, 1.82) is 0 Å². The molecule has 1 aliphatic rings. The molecule has 4 heteroatoms. The molecule has 1 aromatic rings. The molecule has 0 radical (unpaired) electrons. The molecule has 116 valence electrons. The number of aromatic nitrogens is 1. The lowest BCUT2D eigenvalue weighted by Gasteiger charge is -2.40. The fourth-order valence-electron chi connectivity index (χ4n) is 2.70. The first-order valence-electron chi connectivity index (χ1n) is 8.01. The van der Waals surface area contributed by atoms with Crippen molar-refractivity contribution in [3.63, 3.8) is 0 Å². The van der Waals surface area contributed by atoms with Crippen molar-refractivity contribution in [2.24, 2.45) is 5.92 Å². The maximum absolute atomic E-state index is 12.1. The molecule has 0 spiro atoms. The van der Waals surface area contributed by atoms with Crippen molar-refractivity contribution < 1.29 is 4.79 Å². The molecule has 0 bridgehead atoms. The van der Waals surface area contributed by atoms with Crippen LogP contribution in [0, 0.1) is 5.92 Å². The van der Waals surface area contributed by atoms with Gasteiger partial charge in [-0.15, -0.1) is 0 Å². The van der Waals surface area contributed by atoms with Crippen LogP contribution in [0.3, 0.4) is 0 Å². The lowest BCUT2D eigenvalue weighted by molar-refractivity contribution is 0.148. The molecular formula is C17H27N3O. The summed E-state index contributed by atoms with van der Waals surface area (Å²) in [5.41, 5.74) is 1.28. The van der Waals surface area contributed by atoms with Crippen LogP contribution in [-0.4, -0.2) is 35.0 Å². The van der Waals surface area contributed by atoms with Gasteiger partial charge in [-0.1, -0.05) is 26.7 Å². The molecule has 0 unspecified atom stereocenters. The van der Waals surface area contributed by atoms with Crippen molar-refractivity contribution in [1.82, 2.24) is 15.2 Å². The highest BCUT2D eigenvalue weighted by molar-refractivity contribution is 5.75. The first-order valence-corrected chi connectivity index (χ1v) is 8.01. The largest absolute Gasteiger partial charge is 0.336 e. The number of urea groups is 1. The first-order chi connectivity index (χ1) is 10.1. The minimum atomic E-state index is 0.0809. The molecule has 2 amide bonds. The van der Waals surface area contributed by atoms with Gasteiger partial charge in [-0.25, -0.2) is 4.79 Å². The summed E-state index contributed by atoms with van der Waals surface area (Å²) in [5.74, 6) is 1.21. The summed E-state index contributed by atoms with van der Waals surface area (Å²) < 4.78 is 0. The molecule has 1 aromatic heterocycles. The van der Waals surface area contributed by atoms with Crippen LogP contribution in [0.4, 0.5) is 4.79 Å². The number of hydrogen-bond donors (Lipinski definition) is 1. The van der Waals surface area contributed by atoms with Crippen molar-refractivity contribution in [2.75, 3.05) is 13.1 Å². The predicted molar refractivity (Wildman–Crippen MR) is 85.2 cm³/mol. The van der Waals surface area contributed by atoms with Gasteiger partial charge in [0.2, 0.25) is 0 Å². The topological polar surface area (TPSA) is 45.2 Å². The Kier molecular flexibility index (Phi) is 5.59. The van der Waals surface area contributed by atoms with Gasteiger partial charge in [0.05, 0.1) is 0 Å². The van der Waals surface area contributed by atoms with Crippen LogP contribution < -0.4 is 5.32 Å². The summed E-state index contributed by atoms with van der Waals surface area (Å²) in [6.07, 6.45) is 7.10. The van der Waals surface area contributed by atoms with Gasteiger partial charge in [-0.05, 0) is 37.0 Å². The minimum absolute atomic E-state index is 0.0809. The Balaban J connectivity index is 1.67. The Morgan fingerprint density at radius 2 is 1.95 bits per heavy atom. The second kappa shape index (κ2) is 7.43. The van der Waals surface area contributed by atoms with Crippen molar-refractivity contribution in [3.8, 4) is 0 Å². The fourth-order valence-corrected chi connectivity index (χ4v) is 2.70. The van der Waals surface area contributed by atoms with Crippen LogP contribution in [0.5, 0.6) is 0 Å². The lowest BCUT2D eigenvalue weighted by Crippen LogP contribution is -2.54. The monoisotopic (exact) mass is 289 g/mol. The number of carbonyl (C=O) groups is 1. The fraction of sp³-hybridized carbons (Fsp3) is 0.647. The Bertz CT molecular complexity index is 441. The molecule has 1 atom stereocenters. The van der Waals surface area contributed by atoms with Gasteiger partial charge in [-0.3, -0.25) is 4.98 Å². The summed E-state index contributed by atoms with van der Waals surface area (Å²) in [7, 11) is 0. The van der Waals surface area contributed by atoms with Crippen LogP contribution >= 0.6 is 0 Å². The van der Waals surface area contributed by atoms with E-state index in [9.17, 15) is 4.79 Å². The summed E-state index contributed by atoms with van der Waals surface area (Å²) in [6, 6.07) is 4.41. The molecule has 2 rings (SSSR count).